The van der Waals surface area contributed by atoms with Crippen LogP contribution in [-0.2, 0) is 6.54 Å². The van der Waals surface area contributed by atoms with E-state index >= 15 is 0 Å². The number of hydrogen-bond donors (Lipinski definition) is 1. The van der Waals surface area contributed by atoms with Crippen molar-refractivity contribution in [3.8, 4) is 0 Å². The molecule has 1 aromatic heterocycles. The SMILES string of the molecule is Nc1cccc(C2CCCN(Cc3ccccn3)C2)c1. The van der Waals surface area contributed by atoms with E-state index in [1.807, 2.05) is 18.3 Å². The Hall–Kier alpha value is -1.87. The molecule has 0 bridgehead atoms. The van der Waals surface area contributed by atoms with Gasteiger partial charge >= 0.3 is 0 Å². The van der Waals surface area contributed by atoms with Crippen LogP contribution in [0.1, 0.15) is 30.0 Å². The summed E-state index contributed by atoms with van der Waals surface area (Å²) in [5, 5.41) is 0. The minimum atomic E-state index is 0.593. The topological polar surface area (TPSA) is 42.1 Å². The van der Waals surface area contributed by atoms with Crippen molar-refractivity contribution >= 4 is 5.69 Å². The molecule has 1 atom stereocenters. The van der Waals surface area contributed by atoms with Gasteiger partial charge < -0.3 is 5.73 Å². The van der Waals surface area contributed by atoms with Crippen molar-refractivity contribution in [3.63, 3.8) is 0 Å². The molecule has 2 aromatic rings. The highest BCUT2D eigenvalue weighted by molar-refractivity contribution is 5.42. The quantitative estimate of drug-likeness (QED) is 0.869. The van der Waals surface area contributed by atoms with Crippen molar-refractivity contribution < 1.29 is 0 Å². The molecular formula is C17H21N3. The number of nitrogens with zero attached hydrogens (tertiary/aromatic N) is 2. The Morgan fingerprint density at radius 2 is 2.15 bits per heavy atom. The van der Waals surface area contributed by atoms with Crippen molar-refractivity contribution in [1.82, 2.24) is 9.88 Å². The van der Waals surface area contributed by atoms with Crippen molar-refractivity contribution in [2.45, 2.75) is 25.3 Å². The van der Waals surface area contributed by atoms with Crippen LogP contribution in [0.5, 0.6) is 0 Å². The molecule has 1 aliphatic heterocycles. The number of pyridine rings is 1. The van der Waals surface area contributed by atoms with E-state index in [1.165, 1.54) is 18.4 Å². The van der Waals surface area contributed by atoms with E-state index in [-0.39, 0.29) is 0 Å². The molecule has 0 saturated carbocycles. The highest BCUT2D eigenvalue weighted by atomic mass is 15.1. The summed E-state index contributed by atoms with van der Waals surface area (Å²) < 4.78 is 0. The zero-order chi connectivity index (χ0) is 13.8. The molecule has 2 heterocycles. The smallest absolute Gasteiger partial charge is 0.0543 e. The first-order chi connectivity index (χ1) is 9.81. The van der Waals surface area contributed by atoms with Gasteiger partial charge in [0.05, 0.1) is 5.69 Å². The summed E-state index contributed by atoms with van der Waals surface area (Å²) in [7, 11) is 0. The predicted octanol–water partition coefficient (Wildman–Crippen LogP) is 3.04. The van der Waals surface area contributed by atoms with Gasteiger partial charge in [-0.25, -0.2) is 0 Å². The lowest BCUT2D eigenvalue weighted by atomic mass is 9.90. The number of benzene rings is 1. The number of aromatic nitrogens is 1. The first-order valence-corrected chi connectivity index (χ1v) is 7.29. The molecule has 0 spiro atoms. The van der Waals surface area contributed by atoms with Crippen LogP contribution in [0.15, 0.2) is 48.7 Å². The van der Waals surface area contributed by atoms with E-state index in [2.05, 4.69) is 40.2 Å². The maximum Gasteiger partial charge on any atom is 0.0543 e. The van der Waals surface area contributed by atoms with Crippen LogP contribution >= 0.6 is 0 Å². The summed E-state index contributed by atoms with van der Waals surface area (Å²) >= 11 is 0. The van der Waals surface area contributed by atoms with Crippen LogP contribution < -0.4 is 5.73 Å². The second-order valence-electron chi connectivity index (χ2n) is 5.57. The standard InChI is InChI=1S/C17H21N3/c18-16-7-3-5-14(11-16)15-6-4-10-20(12-15)13-17-8-1-2-9-19-17/h1-3,5,7-9,11,15H,4,6,10,12-13,18H2. The van der Waals surface area contributed by atoms with Crippen LogP contribution in [0, 0.1) is 0 Å². The second kappa shape index (κ2) is 6.06. The first kappa shape index (κ1) is 13.1. The number of hydrogen-bond acceptors (Lipinski definition) is 3. The Morgan fingerprint density at radius 3 is 2.95 bits per heavy atom. The normalized spacial score (nSPS) is 19.9. The molecule has 0 radical (unpaired) electrons. The van der Waals surface area contributed by atoms with Crippen molar-refractivity contribution in [1.29, 1.82) is 0 Å². The van der Waals surface area contributed by atoms with Gasteiger partial charge in [0, 0.05) is 25.0 Å². The molecule has 1 aromatic carbocycles. The molecule has 1 unspecified atom stereocenters. The van der Waals surface area contributed by atoms with Gasteiger partial charge in [0.25, 0.3) is 0 Å². The van der Waals surface area contributed by atoms with E-state index in [1.54, 1.807) is 0 Å². The summed E-state index contributed by atoms with van der Waals surface area (Å²) in [5.74, 6) is 0.593. The third-order valence-electron chi connectivity index (χ3n) is 4.00. The van der Waals surface area contributed by atoms with E-state index in [0.717, 1.165) is 31.0 Å². The molecule has 2 N–H and O–H groups in total. The fourth-order valence-corrected chi connectivity index (χ4v) is 3.00. The van der Waals surface area contributed by atoms with Gasteiger partial charge in [-0.1, -0.05) is 18.2 Å². The van der Waals surface area contributed by atoms with Crippen molar-refractivity contribution in [2.75, 3.05) is 18.8 Å². The highest BCUT2D eigenvalue weighted by Crippen LogP contribution is 2.28. The van der Waals surface area contributed by atoms with Gasteiger partial charge in [0.1, 0.15) is 0 Å². The van der Waals surface area contributed by atoms with Gasteiger partial charge in [-0.3, -0.25) is 9.88 Å². The molecule has 0 amide bonds. The summed E-state index contributed by atoms with van der Waals surface area (Å²) in [6.07, 6.45) is 4.36. The van der Waals surface area contributed by atoms with Gasteiger partial charge in [0.2, 0.25) is 0 Å². The van der Waals surface area contributed by atoms with E-state index in [4.69, 9.17) is 5.73 Å². The molecule has 1 saturated heterocycles. The highest BCUT2D eigenvalue weighted by Gasteiger charge is 2.21. The summed E-state index contributed by atoms with van der Waals surface area (Å²) in [6.45, 7) is 3.20. The van der Waals surface area contributed by atoms with Gasteiger partial charge in [0.15, 0.2) is 0 Å². The Kier molecular flexibility index (Phi) is 3.97. The molecular weight excluding hydrogens is 246 g/mol. The number of nitrogen functional groups attached to an aromatic ring is 1. The number of rotatable bonds is 3. The van der Waals surface area contributed by atoms with Crippen LogP contribution in [-0.4, -0.2) is 23.0 Å². The number of likely N-dealkylation sites (tertiary alicyclic amines) is 1. The van der Waals surface area contributed by atoms with Gasteiger partial charge in [-0.05, 0) is 55.1 Å². The zero-order valence-corrected chi connectivity index (χ0v) is 11.7. The molecule has 104 valence electrons. The monoisotopic (exact) mass is 267 g/mol. The minimum absolute atomic E-state index is 0.593. The van der Waals surface area contributed by atoms with E-state index in [9.17, 15) is 0 Å². The lowest BCUT2D eigenvalue weighted by Gasteiger charge is -2.32. The summed E-state index contributed by atoms with van der Waals surface area (Å²) in [6, 6.07) is 14.5. The molecule has 3 rings (SSSR count). The average Bonchev–Trinajstić information content (AvgIpc) is 2.49. The fourth-order valence-electron chi connectivity index (χ4n) is 3.00. The molecule has 0 aliphatic carbocycles. The molecule has 1 fully saturated rings. The predicted molar refractivity (Wildman–Crippen MR) is 82.3 cm³/mol. The van der Waals surface area contributed by atoms with Crippen LogP contribution in [0.25, 0.3) is 0 Å². The Bertz CT molecular complexity index is 553. The summed E-state index contributed by atoms with van der Waals surface area (Å²) in [5.41, 5.74) is 9.29. The Morgan fingerprint density at radius 1 is 1.20 bits per heavy atom. The van der Waals surface area contributed by atoms with E-state index < -0.39 is 0 Å². The van der Waals surface area contributed by atoms with Crippen molar-refractivity contribution in [2.24, 2.45) is 0 Å². The zero-order valence-electron chi connectivity index (χ0n) is 11.7. The third-order valence-corrected chi connectivity index (χ3v) is 4.00. The Labute approximate surface area is 120 Å². The first-order valence-electron chi connectivity index (χ1n) is 7.29. The average molecular weight is 267 g/mol. The number of anilines is 1. The van der Waals surface area contributed by atoms with Crippen LogP contribution in [0.4, 0.5) is 5.69 Å². The number of piperidine rings is 1. The van der Waals surface area contributed by atoms with E-state index in [0.29, 0.717) is 5.92 Å². The van der Waals surface area contributed by atoms with Crippen LogP contribution in [0.3, 0.4) is 0 Å². The second-order valence-corrected chi connectivity index (χ2v) is 5.57. The lowest BCUT2D eigenvalue weighted by Crippen LogP contribution is -2.34. The largest absolute Gasteiger partial charge is 0.399 e. The third kappa shape index (κ3) is 3.17. The molecule has 20 heavy (non-hydrogen) atoms. The van der Waals surface area contributed by atoms with Crippen LogP contribution in [0.2, 0.25) is 0 Å². The maximum atomic E-state index is 5.90. The van der Waals surface area contributed by atoms with Gasteiger partial charge in [-0.15, -0.1) is 0 Å². The van der Waals surface area contributed by atoms with Crippen molar-refractivity contribution in [3.05, 3.63) is 59.9 Å². The molecule has 3 heteroatoms. The van der Waals surface area contributed by atoms with Gasteiger partial charge in [-0.2, -0.15) is 0 Å². The fraction of sp³-hybridized carbons (Fsp3) is 0.353. The minimum Gasteiger partial charge on any atom is -0.399 e. The summed E-state index contributed by atoms with van der Waals surface area (Å²) in [4.78, 5) is 6.92. The molecule has 1 aliphatic rings. The molecule has 3 nitrogen and oxygen atoms in total. The number of nitrogens with two attached hydrogens (primary N) is 1. The Balaban J connectivity index is 1.67. The maximum absolute atomic E-state index is 5.90. The lowest BCUT2D eigenvalue weighted by molar-refractivity contribution is 0.198.